The van der Waals surface area contributed by atoms with Crippen LogP contribution in [0.1, 0.15) is 0 Å². The van der Waals surface area contributed by atoms with Gasteiger partial charge >= 0.3 is 0 Å². The summed E-state index contributed by atoms with van der Waals surface area (Å²) in [6.07, 6.45) is 1.72. The van der Waals surface area contributed by atoms with Crippen molar-refractivity contribution in [3.05, 3.63) is 41.7 Å². The fraction of sp³-hybridized carbons (Fsp3) is 0.294. The maximum atomic E-state index is 6.35. The summed E-state index contributed by atoms with van der Waals surface area (Å²) in [6.45, 7) is 3.89. The molecule has 1 saturated heterocycles. The highest BCUT2D eigenvalue weighted by Gasteiger charge is 2.18. The number of ether oxygens (including phenoxy) is 1. The van der Waals surface area contributed by atoms with Crippen molar-refractivity contribution in [1.29, 1.82) is 0 Å². The van der Waals surface area contributed by atoms with Gasteiger partial charge in [0.15, 0.2) is 10.8 Å². The van der Waals surface area contributed by atoms with Gasteiger partial charge in [0.2, 0.25) is 0 Å². The lowest BCUT2D eigenvalue weighted by Crippen LogP contribution is -2.43. The molecule has 0 spiro atoms. The van der Waals surface area contributed by atoms with Gasteiger partial charge < -0.3 is 15.0 Å². The van der Waals surface area contributed by atoms with Crippen LogP contribution in [0.2, 0.25) is 5.15 Å². The van der Waals surface area contributed by atoms with E-state index in [-0.39, 0.29) is 0 Å². The Morgan fingerprint density at radius 3 is 2.83 bits per heavy atom. The predicted molar refractivity (Wildman–Crippen MR) is 95.1 cm³/mol. The number of imidazole rings is 1. The molecule has 0 bridgehead atoms. The number of piperazine rings is 1. The molecule has 0 aliphatic carbocycles. The summed E-state index contributed by atoms with van der Waals surface area (Å²) in [5, 5.41) is 8.16. The molecule has 7 heteroatoms. The highest BCUT2D eigenvalue weighted by Crippen LogP contribution is 2.36. The molecule has 24 heavy (non-hydrogen) atoms. The van der Waals surface area contributed by atoms with E-state index in [4.69, 9.17) is 16.3 Å². The van der Waals surface area contributed by atoms with Gasteiger partial charge in [-0.25, -0.2) is 9.50 Å². The zero-order valence-corrected chi connectivity index (χ0v) is 14.1. The standard InChI is InChI=1S/C17H18ClN5O/c1-24-14-11-12(4-5-13(14)22-9-7-19-8-10-22)16-17(18)21-15-3-2-6-20-23(15)16/h2-6,11,19H,7-10H2,1H3. The van der Waals surface area contributed by atoms with Gasteiger partial charge in [0.1, 0.15) is 11.4 Å². The largest absolute Gasteiger partial charge is 0.495 e. The number of nitrogens with one attached hydrogen (secondary N) is 1. The molecular formula is C17H18ClN5O. The summed E-state index contributed by atoms with van der Waals surface area (Å²) in [5.41, 5.74) is 3.53. The van der Waals surface area contributed by atoms with Crippen molar-refractivity contribution in [2.45, 2.75) is 0 Å². The van der Waals surface area contributed by atoms with Crippen LogP contribution in [0.15, 0.2) is 36.5 Å². The Morgan fingerprint density at radius 2 is 2.04 bits per heavy atom. The highest BCUT2D eigenvalue weighted by molar-refractivity contribution is 6.32. The van der Waals surface area contributed by atoms with Crippen LogP contribution in [-0.4, -0.2) is 47.9 Å². The molecule has 1 aliphatic rings. The monoisotopic (exact) mass is 343 g/mol. The number of halogens is 1. The molecule has 3 aromatic rings. The molecule has 3 heterocycles. The minimum atomic E-state index is 0.436. The number of fused-ring (bicyclic) bond motifs is 1. The first-order valence-electron chi connectivity index (χ1n) is 7.91. The lowest BCUT2D eigenvalue weighted by molar-refractivity contribution is 0.413. The number of nitrogens with zero attached hydrogens (tertiary/aromatic N) is 4. The van der Waals surface area contributed by atoms with Gasteiger partial charge in [-0.3, -0.25) is 0 Å². The van der Waals surface area contributed by atoms with Crippen molar-refractivity contribution >= 4 is 22.9 Å². The lowest BCUT2D eigenvalue weighted by atomic mass is 10.1. The lowest BCUT2D eigenvalue weighted by Gasteiger charge is -2.30. The van der Waals surface area contributed by atoms with Crippen LogP contribution >= 0.6 is 11.6 Å². The Balaban J connectivity index is 1.80. The summed E-state index contributed by atoms with van der Waals surface area (Å²) in [5.74, 6) is 0.830. The highest BCUT2D eigenvalue weighted by atomic mass is 35.5. The van der Waals surface area contributed by atoms with E-state index < -0.39 is 0 Å². The molecule has 1 N–H and O–H groups in total. The number of rotatable bonds is 3. The molecule has 2 aromatic heterocycles. The molecular weight excluding hydrogens is 326 g/mol. The Kier molecular flexibility index (Phi) is 4.00. The Hall–Kier alpha value is -2.31. The van der Waals surface area contributed by atoms with E-state index >= 15 is 0 Å². The van der Waals surface area contributed by atoms with E-state index in [0.717, 1.165) is 54.5 Å². The second-order valence-electron chi connectivity index (χ2n) is 5.67. The molecule has 6 nitrogen and oxygen atoms in total. The molecule has 4 rings (SSSR count). The van der Waals surface area contributed by atoms with E-state index in [2.05, 4.69) is 26.4 Å². The third-order valence-electron chi connectivity index (χ3n) is 4.26. The van der Waals surface area contributed by atoms with Crippen LogP contribution in [0.4, 0.5) is 5.69 Å². The number of benzene rings is 1. The molecule has 0 amide bonds. The normalized spacial score (nSPS) is 15.0. The fourth-order valence-corrected chi connectivity index (χ4v) is 3.37. The van der Waals surface area contributed by atoms with E-state index in [1.54, 1.807) is 17.8 Å². The van der Waals surface area contributed by atoms with E-state index in [1.165, 1.54) is 0 Å². The third-order valence-corrected chi connectivity index (χ3v) is 4.52. The number of hydrogen-bond acceptors (Lipinski definition) is 5. The van der Waals surface area contributed by atoms with Crippen LogP contribution in [-0.2, 0) is 0 Å². The Bertz CT molecular complexity index is 873. The first kappa shape index (κ1) is 15.2. The number of aromatic nitrogens is 3. The van der Waals surface area contributed by atoms with Crippen LogP contribution in [0.3, 0.4) is 0 Å². The summed E-state index contributed by atoms with van der Waals surface area (Å²) >= 11 is 6.35. The van der Waals surface area contributed by atoms with Crippen molar-refractivity contribution in [1.82, 2.24) is 19.9 Å². The Labute approximate surface area is 145 Å². The first-order chi connectivity index (χ1) is 11.8. The SMILES string of the molecule is COc1cc(-c2c(Cl)nc3cccnn23)ccc1N1CCNCC1. The summed E-state index contributed by atoms with van der Waals surface area (Å²) in [7, 11) is 1.69. The molecule has 0 unspecified atom stereocenters. The number of hydrogen-bond donors (Lipinski definition) is 1. The molecule has 0 radical (unpaired) electrons. The molecule has 124 valence electrons. The smallest absolute Gasteiger partial charge is 0.157 e. The quantitative estimate of drug-likeness (QED) is 0.791. The third kappa shape index (κ3) is 2.57. The average Bonchev–Trinajstić information content (AvgIpc) is 2.97. The van der Waals surface area contributed by atoms with Gasteiger partial charge in [-0.1, -0.05) is 17.7 Å². The Morgan fingerprint density at radius 1 is 1.21 bits per heavy atom. The van der Waals surface area contributed by atoms with E-state index in [9.17, 15) is 0 Å². The van der Waals surface area contributed by atoms with Gasteiger partial charge in [0, 0.05) is 37.9 Å². The first-order valence-corrected chi connectivity index (χ1v) is 8.29. The summed E-state index contributed by atoms with van der Waals surface area (Å²) < 4.78 is 7.39. The molecule has 0 atom stereocenters. The van der Waals surface area contributed by atoms with Gasteiger partial charge in [0.25, 0.3) is 0 Å². The maximum Gasteiger partial charge on any atom is 0.157 e. The fourth-order valence-electron chi connectivity index (χ4n) is 3.10. The molecule has 0 saturated carbocycles. The van der Waals surface area contributed by atoms with Crippen LogP contribution in [0.5, 0.6) is 5.75 Å². The number of anilines is 1. The van der Waals surface area contributed by atoms with Crippen molar-refractivity contribution in [2.75, 3.05) is 38.2 Å². The number of methoxy groups -OCH3 is 1. The minimum Gasteiger partial charge on any atom is -0.495 e. The average molecular weight is 344 g/mol. The minimum absolute atomic E-state index is 0.436. The summed E-state index contributed by atoms with van der Waals surface area (Å²) in [4.78, 5) is 6.69. The molecule has 1 aliphatic heterocycles. The van der Waals surface area contributed by atoms with Gasteiger partial charge in [-0.15, -0.1) is 0 Å². The van der Waals surface area contributed by atoms with Crippen molar-refractivity contribution in [3.63, 3.8) is 0 Å². The van der Waals surface area contributed by atoms with Crippen molar-refractivity contribution in [2.24, 2.45) is 0 Å². The van der Waals surface area contributed by atoms with Gasteiger partial charge in [0.05, 0.1) is 12.8 Å². The van der Waals surface area contributed by atoms with E-state index in [0.29, 0.717) is 5.15 Å². The van der Waals surface area contributed by atoms with Crippen molar-refractivity contribution < 1.29 is 4.74 Å². The second-order valence-corrected chi connectivity index (χ2v) is 6.03. The maximum absolute atomic E-state index is 6.35. The van der Waals surface area contributed by atoms with Crippen LogP contribution in [0.25, 0.3) is 16.9 Å². The van der Waals surface area contributed by atoms with E-state index in [1.807, 2.05) is 24.3 Å². The van der Waals surface area contributed by atoms with Crippen LogP contribution < -0.4 is 15.0 Å². The van der Waals surface area contributed by atoms with Gasteiger partial charge in [-0.05, 0) is 24.3 Å². The molecule has 1 aromatic carbocycles. The predicted octanol–water partition coefficient (Wildman–Crippen LogP) is 2.47. The zero-order valence-electron chi connectivity index (χ0n) is 13.4. The second kappa shape index (κ2) is 6.30. The van der Waals surface area contributed by atoms with Crippen LogP contribution in [0, 0.1) is 0 Å². The van der Waals surface area contributed by atoms with Gasteiger partial charge in [-0.2, -0.15) is 5.10 Å². The molecule has 1 fully saturated rings. The zero-order chi connectivity index (χ0) is 16.5. The summed E-state index contributed by atoms with van der Waals surface area (Å²) in [6, 6.07) is 9.86. The topological polar surface area (TPSA) is 54.7 Å². The van der Waals surface area contributed by atoms with Crippen molar-refractivity contribution in [3.8, 4) is 17.0 Å².